The van der Waals surface area contributed by atoms with Crippen LogP contribution in [-0.4, -0.2) is 95.2 Å². The molecule has 0 spiro atoms. The van der Waals surface area contributed by atoms with Crippen LogP contribution in [0.3, 0.4) is 0 Å². The molecule has 1 saturated heterocycles. The average Bonchev–Trinajstić information content (AvgIpc) is 2.99. The van der Waals surface area contributed by atoms with Gasteiger partial charge in [0.2, 0.25) is 11.8 Å². The maximum absolute atomic E-state index is 14.0. The summed E-state index contributed by atoms with van der Waals surface area (Å²) in [5, 5.41) is 24.2. The smallest absolute Gasteiger partial charge is 0.407 e. The van der Waals surface area contributed by atoms with Crippen molar-refractivity contribution < 1.29 is 42.9 Å². The van der Waals surface area contributed by atoms with Gasteiger partial charge in [0.1, 0.15) is 11.6 Å². The normalized spacial score (nSPS) is 21.0. The Balaban J connectivity index is 1.78. The molecule has 1 aliphatic carbocycles. The molecule has 4 atom stereocenters. The molecule has 1 aromatic carbocycles. The number of amides is 3. The molecule has 0 aromatic heterocycles. The van der Waals surface area contributed by atoms with E-state index in [1.807, 2.05) is 13.8 Å². The minimum Gasteiger partial charge on any atom is -0.465 e. The van der Waals surface area contributed by atoms with Crippen LogP contribution >= 0.6 is 0 Å². The van der Waals surface area contributed by atoms with E-state index in [2.05, 4.69) is 5.32 Å². The van der Waals surface area contributed by atoms with Gasteiger partial charge in [-0.15, -0.1) is 0 Å². The topological polar surface area (TPSA) is 129 Å². The van der Waals surface area contributed by atoms with Crippen molar-refractivity contribution >= 4 is 17.9 Å². The first-order chi connectivity index (χ1) is 21.0. The monoisotopic (exact) mass is 623 g/mol. The van der Waals surface area contributed by atoms with Gasteiger partial charge in [-0.2, -0.15) is 0 Å². The van der Waals surface area contributed by atoms with Gasteiger partial charge < -0.3 is 29.9 Å². The number of carboxylic acid groups (broad SMARTS) is 1. The highest BCUT2D eigenvalue weighted by atomic mass is 19.1. The summed E-state index contributed by atoms with van der Waals surface area (Å²) in [4.78, 5) is 41.0. The molecule has 0 radical (unpaired) electrons. The van der Waals surface area contributed by atoms with Gasteiger partial charge in [-0.1, -0.05) is 33.1 Å². The molecule has 1 aromatic rings. The lowest BCUT2D eigenvalue weighted by atomic mass is 9.90. The predicted molar refractivity (Wildman–Crippen MR) is 160 cm³/mol. The summed E-state index contributed by atoms with van der Waals surface area (Å²) >= 11 is 0. The Morgan fingerprint density at radius 1 is 1.11 bits per heavy atom. The fraction of sp³-hybridized carbons (Fsp3) is 0.656. The quantitative estimate of drug-likeness (QED) is 0.265. The predicted octanol–water partition coefficient (Wildman–Crippen LogP) is 4.25. The SMILES string of the molecule is CCCN(CCC)C(=O)C=C(C)C(=O)N[C@@H](Cc1cc(F)cc(F)c1)[C@H](O)[C@H]1CO[C@@H](OCC2CCCCC2)CN1C(=O)O. The van der Waals surface area contributed by atoms with Crippen LogP contribution in [0.4, 0.5) is 13.6 Å². The molecule has 3 amide bonds. The van der Waals surface area contributed by atoms with Crippen LogP contribution in [0.1, 0.15) is 71.3 Å². The Morgan fingerprint density at radius 2 is 1.75 bits per heavy atom. The highest BCUT2D eigenvalue weighted by Crippen LogP contribution is 2.26. The van der Waals surface area contributed by atoms with Gasteiger partial charge in [0.15, 0.2) is 6.29 Å². The third-order valence-electron chi connectivity index (χ3n) is 8.19. The van der Waals surface area contributed by atoms with Crippen molar-refractivity contribution in [2.24, 2.45) is 5.92 Å². The van der Waals surface area contributed by atoms with Crippen molar-refractivity contribution in [1.82, 2.24) is 15.1 Å². The van der Waals surface area contributed by atoms with E-state index in [-0.39, 0.29) is 36.6 Å². The van der Waals surface area contributed by atoms with Crippen LogP contribution in [0.15, 0.2) is 29.8 Å². The zero-order chi connectivity index (χ0) is 32.2. The lowest BCUT2D eigenvalue weighted by Crippen LogP contribution is -2.62. The molecular weight excluding hydrogens is 576 g/mol. The number of ether oxygens (including phenoxy) is 2. The van der Waals surface area contributed by atoms with E-state index in [0.717, 1.165) is 55.6 Å². The Bertz CT molecular complexity index is 1120. The lowest BCUT2D eigenvalue weighted by Gasteiger charge is -2.42. The number of carbonyl (C=O) groups is 3. The number of nitrogens with one attached hydrogen (secondary N) is 1. The van der Waals surface area contributed by atoms with Gasteiger partial charge in [0.05, 0.1) is 37.9 Å². The largest absolute Gasteiger partial charge is 0.465 e. The number of aliphatic hydroxyl groups excluding tert-OH is 1. The summed E-state index contributed by atoms with van der Waals surface area (Å²) in [5.74, 6) is -2.29. The van der Waals surface area contributed by atoms with Crippen molar-refractivity contribution in [3.05, 3.63) is 47.0 Å². The molecule has 2 fully saturated rings. The molecule has 246 valence electrons. The van der Waals surface area contributed by atoms with Crippen molar-refractivity contribution in [1.29, 1.82) is 0 Å². The van der Waals surface area contributed by atoms with E-state index in [9.17, 15) is 33.4 Å². The summed E-state index contributed by atoms with van der Waals surface area (Å²) in [6, 6.07) is 0.575. The Morgan fingerprint density at radius 3 is 2.34 bits per heavy atom. The number of benzene rings is 1. The maximum Gasteiger partial charge on any atom is 0.407 e. The first kappa shape index (κ1) is 35.4. The second-order valence-electron chi connectivity index (χ2n) is 11.8. The third kappa shape index (κ3) is 10.5. The zero-order valence-electron chi connectivity index (χ0n) is 26.0. The van der Waals surface area contributed by atoms with Gasteiger partial charge in [0.25, 0.3) is 0 Å². The first-order valence-electron chi connectivity index (χ1n) is 15.7. The Labute approximate surface area is 258 Å². The van der Waals surface area contributed by atoms with E-state index in [1.54, 1.807) is 4.90 Å². The van der Waals surface area contributed by atoms with Gasteiger partial charge in [-0.05, 0) is 62.6 Å². The van der Waals surface area contributed by atoms with Crippen LogP contribution in [0.2, 0.25) is 0 Å². The zero-order valence-corrected chi connectivity index (χ0v) is 26.0. The summed E-state index contributed by atoms with van der Waals surface area (Å²) in [5.41, 5.74) is 0.218. The lowest BCUT2D eigenvalue weighted by molar-refractivity contribution is -0.205. The number of morpholine rings is 1. The van der Waals surface area contributed by atoms with E-state index in [0.29, 0.717) is 31.7 Å². The molecular formula is C32H47F2N3O7. The molecule has 1 aliphatic heterocycles. The Hall–Kier alpha value is -3.09. The van der Waals surface area contributed by atoms with Gasteiger partial charge >= 0.3 is 6.09 Å². The molecule has 44 heavy (non-hydrogen) atoms. The molecule has 10 nitrogen and oxygen atoms in total. The number of halogens is 2. The minimum absolute atomic E-state index is 0.0704. The standard InChI is InChI=1S/C32H47F2N3O7/c1-4-11-36(12-5-2)28(38)13-21(3)31(40)35-26(16-23-14-24(33)17-25(34)15-23)30(39)27-20-44-29(18-37(27)32(41)42)43-19-22-9-7-6-8-10-22/h13-15,17,22,26-27,29-30,39H,4-12,16,18-20H2,1-3H3,(H,35,40)(H,41,42)/t26-,27+,29+,30-/m0/s1. The molecule has 1 saturated carbocycles. The van der Waals surface area contributed by atoms with Crippen molar-refractivity contribution in [3.63, 3.8) is 0 Å². The number of rotatable bonds is 14. The molecule has 1 heterocycles. The van der Waals surface area contributed by atoms with Crippen LogP contribution in [0.25, 0.3) is 0 Å². The summed E-state index contributed by atoms with van der Waals surface area (Å²) in [7, 11) is 0. The molecule has 12 heteroatoms. The summed E-state index contributed by atoms with van der Waals surface area (Å²) in [6.45, 7) is 6.48. The molecule has 0 unspecified atom stereocenters. The molecule has 3 N–H and O–H groups in total. The molecule has 3 rings (SSSR count). The number of hydrogen-bond acceptors (Lipinski definition) is 6. The van der Waals surface area contributed by atoms with Crippen molar-refractivity contribution in [3.8, 4) is 0 Å². The van der Waals surface area contributed by atoms with E-state index < -0.39 is 48.1 Å². The van der Waals surface area contributed by atoms with E-state index in [4.69, 9.17) is 9.47 Å². The van der Waals surface area contributed by atoms with Crippen molar-refractivity contribution in [2.45, 2.75) is 96.6 Å². The third-order valence-corrected chi connectivity index (χ3v) is 8.19. The minimum atomic E-state index is -1.53. The number of nitrogens with zero attached hydrogens (tertiary/aromatic N) is 2. The average molecular weight is 624 g/mol. The summed E-state index contributed by atoms with van der Waals surface area (Å²) < 4.78 is 39.8. The van der Waals surface area contributed by atoms with Crippen molar-refractivity contribution in [2.75, 3.05) is 32.8 Å². The molecule has 0 bridgehead atoms. The number of carbonyl (C=O) groups excluding carboxylic acids is 2. The fourth-order valence-corrected chi connectivity index (χ4v) is 5.85. The van der Waals surface area contributed by atoms with Gasteiger partial charge in [-0.3, -0.25) is 14.5 Å². The molecule has 2 aliphatic rings. The second-order valence-corrected chi connectivity index (χ2v) is 11.8. The number of aliphatic hydroxyl groups is 1. The number of hydrogen-bond donors (Lipinski definition) is 3. The first-order valence-corrected chi connectivity index (χ1v) is 15.7. The van der Waals surface area contributed by atoms with Crippen LogP contribution < -0.4 is 5.32 Å². The van der Waals surface area contributed by atoms with E-state index in [1.165, 1.54) is 19.4 Å². The van der Waals surface area contributed by atoms with Gasteiger partial charge in [0, 0.05) is 30.8 Å². The second kappa shape index (κ2) is 17.4. The highest BCUT2D eigenvalue weighted by molar-refractivity contribution is 6.00. The maximum atomic E-state index is 14.0. The van der Waals surface area contributed by atoms with Crippen LogP contribution in [0, 0.1) is 17.6 Å². The van der Waals surface area contributed by atoms with Gasteiger partial charge in [-0.25, -0.2) is 13.6 Å². The summed E-state index contributed by atoms with van der Waals surface area (Å²) in [6.07, 6.45) is 4.42. The Kier molecular flexibility index (Phi) is 14.0. The van der Waals surface area contributed by atoms with Crippen LogP contribution in [0.5, 0.6) is 0 Å². The van der Waals surface area contributed by atoms with Crippen LogP contribution in [-0.2, 0) is 25.5 Å². The highest BCUT2D eigenvalue weighted by Gasteiger charge is 2.41. The fourth-order valence-electron chi connectivity index (χ4n) is 5.85. The van der Waals surface area contributed by atoms with E-state index >= 15 is 0 Å².